The minimum atomic E-state index is -1.46. The van der Waals surface area contributed by atoms with E-state index in [1.165, 1.54) is 26.0 Å². The summed E-state index contributed by atoms with van der Waals surface area (Å²) in [5.74, 6) is -6.18. The Bertz CT molecular complexity index is 776. The van der Waals surface area contributed by atoms with Gasteiger partial charge in [0.1, 0.15) is 6.04 Å². The van der Waals surface area contributed by atoms with Gasteiger partial charge in [0.15, 0.2) is 5.92 Å². The van der Waals surface area contributed by atoms with Crippen LogP contribution in [0, 0.1) is 11.8 Å². The molecule has 0 aliphatic heterocycles. The molecule has 10 heteroatoms. The van der Waals surface area contributed by atoms with Gasteiger partial charge in [-0.05, 0) is 18.2 Å². The standard InChI is InChI=1S/C19H24N2O8/c1-10(14(17(24)27-3)18(25)28-4)15(19(26)29-5)21-16(23)12-7-6-8-13(9-12)20-11(2)22/h6-10,14-15H,1-5H3,(H,20,22)(H,21,23)/t10-,15-/m1/s1. The third kappa shape index (κ3) is 6.30. The molecule has 0 bridgehead atoms. The molecular formula is C19H24N2O8. The zero-order chi connectivity index (χ0) is 22.1. The van der Waals surface area contributed by atoms with Crippen molar-refractivity contribution < 1.29 is 38.2 Å². The van der Waals surface area contributed by atoms with Crippen LogP contribution < -0.4 is 10.6 Å². The van der Waals surface area contributed by atoms with Crippen molar-refractivity contribution in [2.75, 3.05) is 26.6 Å². The van der Waals surface area contributed by atoms with E-state index in [2.05, 4.69) is 20.1 Å². The van der Waals surface area contributed by atoms with Gasteiger partial charge in [0.05, 0.1) is 21.3 Å². The zero-order valence-corrected chi connectivity index (χ0v) is 16.8. The van der Waals surface area contributed by atoms with E-state index in [-0.39, 0.29) is 11.5 Å². The van der Waals surface area contributed by atoms with Gasteiger partial charge >= 0.3 is 17.9 Å². The summed E-state index contributed by atoms with van der Waals surface area (Å²) in [5, 5.41) is 5.00. The Morgan fingerprint density at radius 2 is 1.45 bits per heavy atom. The lowest BCUT2D eigenvalue weighted by Gasteiger charge is -2.27. The van der Waals surface area contributed by atoms with E-state index >= 15 is 0 Å². The molecule has 0 aliphatic carbocycles. The van der Waals surface area contributed by atoms with Gasteiger partial charge in [0.2, 0.25) is 5.91 Å². The van der Waals surface area contributed by atoms with Gasteiger partial charge in [-0.3, -0.25) is 19.2 Å². The van der Waals surface area contributed by atoms with Crippen LogP contribution in [0.25, 0.3) is 0 Å². The monoisotopic (exact) mass is 408 g/mol. The van der Waals surface area contributed by atoms with Crippen LogP contribution in [-0.2, 0) is 33.4 Å². The summed E-state index contributed by atoms with van der Waals surface area (Å²) in [6.07, 6.45) is 0. The Morgan fingerprint density at radius 1 is 0.897 bits per heavy atom. The van der Waals surface area contributed by atoms with Crippen LogP contribution in [0.4, 0.5) is 5.69 Å². The number of hydrogen-bond acceptors (Lipinski definition) is 8. The lowest BCUT2D eigenvalue weighted by Crippen LogP contribution is -2.51. The minimum Gasteiger partial charge on any atom is -0.468 e. The van der Waals surface area contributed by atoms with Crippen LogP contribution in [0.2, 0.25) is 0 Å². The van der Waals surface area contributed by atoms with E-state index in [9.17, 15) is 24.0 Å². The highest BCUT2D eigenvalue weighted by molar-refractivity contribution is 6.00. The van der Waals surface area contributed by atoms with Crippen molar-refractivity contribution in [3.8, 4) is 0 Å². The number of carbonyl (C=O) groups is 5. The lowest BCUT2D eigenvalue weighted by molar-refractivity contribution is -0.163. The second kappa shape index (κ2) is 10.8. The first-order valence-corrected chi connectivity index (χ1v) is 8.58. The summed E-state index contributed by atoms with van der Waals surface area (Å²) >= 11 is 0. The van der Waals surface area contributed by atoms with E-state index < -0.39 is 41.7 Å². The van der Waals surface area contributed by atoms with Crippen LogP contribution in [0.5, 0.6) is 0 Å². The number of methoxy groups -OCH3 is 3. The van der Waals surface area contributed by atoms with Gasteiger partial charge in [0.25, 0.3) is 5.91 Å². The van der Waals surface area contributed by atoms with Crippen molar-refractivity contribution in [3.63, 3.8) is 0 Å². The van der Waals surface area contributed by atoms with Crippen LogP contribution in [0.15, 0.2) is 24.3 Å². The molecule has 1 aromatic carbocycles. The molecule has 2 atom stereocenters. The molecule has 0 radical (unpaired) electrons. The number of anilines is 1. The third-order valence-corrected chi connectivity index (χ3v) is 4.15. The Kier molecular flexibility index (Phi) is 8.78. The third-order valence-electron chi connectivity index (χ3n) is 4.15. The van der Waals surface area contributed by atoms with Gasteiger partial charge in [-0.1, -0.05) is 13.0 Å². The maximum atomic E-state index is 12.7. The fourth-order valence-electron chi connectivity index (χ4n) is 2.67. The highest BCUT2D eigenvalue weighted by Gasteiger charge is 2.42. The van der Waals surface area contributed by atoms with Gasteiger partial charge in [-0.15, -0.1) is 0 Å². The SMILES string of the molecule is COC(=O)C(C(=O)OC)[C@@H](C)[C@@H](NC(=O)c1cccc(NC(C)=O)c1)C(=O)OC. The van der Waals surface area contributed by atoms with Crippen LogP contribution >= 0.6 is 0 Å². The highest BCUT2D eigenvalue weighted by Crippen LogP contribution is 2.21. The van der Waals surface area contributed by atoms with Crippen LogP contribution in [0.1, 0.15) is 24.2 Å². The maximum Gasteiger partial charge on any atom is 0.328 e. The molecule has 0 aliphatic rings. The summed E-state index contributed by atoms with van der Waals surface area (Å²) in [5.41, 5.74) is 0.528. The smallest absolute Gasteiger partial charge is 0.328 e. The largest absolute Gasteiger partial charge is 0.468 e. The van der Waals surface area contributed by atoms with Crippen molar-refractivity contribution in [2.24, 2.45) is 11.8 Å². The molecule has 29 heavy (non-hydrogen) atoms. The predicted molar refractivity (Wildman–Crippen MR) is 101 cm³/mol. The second-order valence-electron chi connectivity index (χ2n) is 6.12. The molecule has 0 saturated heterocycles. The molecule has 0 aromatic heterocycles. The van der Waals surface area contributed by atoms with Crippen molar-refractivity contribution in [3.05, 3.63) is 29.8 Å². The minimum absolute atomic E-state index is 0.144. The summed E-state index contributed by atoms with van der Waals surface area (Å²) in [7, 11) is 3.28. The lowest BCUT2D eigenvalue weighted by atomic mass is 9.87. The molecular weight excluding hydrogens is 384 g/mol. The van der Waals surface area contributed by atoms with Crippen LogP contribution in [0.3, 0.4) is 0 Å². The van der Waals surface area contributed by atoms with Crippen LogP contribution in [-0.4, -0.2) is 57.1 Å². The summed E-state index contributed by atoms with van der Waals surface area (Å²) in [4.78, 5) is 60.2. The number of rotatable bonds is 8. The van der Waals surface area contributed by atoms with E-state index in [0.717, 1.165) is 21.3 Å². The number of esters is 3. The topological polar surface area (TPSA) is 137 Å². The van der Waals surface area contributed by atoms with Gasteiger partial charge in [-0.25, -0.2) is 4.79 Å². The molecule has 158 valence electrons. The van der Waals surface area contributed by atoms with Crippen molar-refractivity contribution in [1.82, 2.24) is 5.32 Å². The van der Waals surface area contributed by atoms with Gasteiger partial charge in [-0.2, -0.15) is 0 Å². The summed E-state index contributed by atoms with van der Waals surface area (Å²) < 4.78 is 13.9. The number of nitrogens with one attached hydrogen (secondary N) is 2. The van der Waals surface area contributed by atoms with Gasteiger partial charge < -0.3 is 24.8 Å². The van der Waals surface area contributed by atoms with E-state index in [0.29, 0.717) is 5.69 Å². The molecule has 2 amide bonds. The Labute approximate surface area is 167 Å². The fourth-order valence-corrected chi connectivity index (χ4v) is 2.67. The van der Waals surface area contributed by atoms with E-state index in [1.807, 2.05) is 0 Å². The Balaban J connectivity index is 3.17. The van der Waals surface area contributed by atoms with E-state index in [4.69, 9.17) is 4.74 Å². The molecule has 0 saturated carbocycles. The normalized spacial score (nSPS) is 12.3. The molecule has 1 aromatic rings. The quantitative estimate of drug-likeness (QED) is 0.361. The molecule has 0 unspecified atom stereocenters. The van der Waals surface area contributed by atoms with Crippen molar-refractivity contribution in [1.29, 1.82) is 0 Å². The predicted octanol–water partition coefficient (Wildman–Crippen LogP) is 0.515. The van der Waals surface area contributed by atoms with E-state index in [1.54, 1.807) is 12.1 Å². The number of benzene rings is 1. The number of carbonyl (C=O) groups excluding carboxylic acids is 5. The second-order valence-corrected chi connectivity index (χ2v) is 6.12. The molecule has 2 N–H and O–H groups in total. The maximum absolute atomic E-state index is 12.7. The van der Waals surface area contributed by atoms with Crippen molar-refractivity contribution >= 4 is 35.4 Å². The fraction of sp³-hybridized carbons (Fsp3) is 0.421. The number of hydrogen-bond donors (Lipinski definition) is 2. The Hall–Kier alpha value is -3.43. The zero-order valence-electron chi connectivity index (χ0n) is 16.8. The first kappa shape index (κ1) is 23.6. The molecule has 0 fully saturated rings. The average molecular weight is 408 g/mol. The molecule has 10 nitrogen and oxygen atoms in total. The molecule has 0 heterocycles. The Morgan fingerprint density at radius 3 is 1.93 bits per heavy atom. The summed E-state index contributed by atoms with van der Waals surface area (Å²) in [6, 6.07) is 4.66. The number of ether oxygens (including phenoxy) is 3. The highest BCUT2D eigenvalue weighted by atomic mass is 16.5. The van der Waals surface area contributed by atoms with Gasteiger partial charge in [0, 0.05) is 24.1 Å². The average Bonchev–Trinajstić information content (AvgIpc) is 2.70. The first-order valence-electron chi connectivity index (χ1n) is 8.58. The number of amides is 2. The molecule has 1 rings (SSSR count). The first-order chi connectivity index (χ1) is 13.7. The summed E-state index contributed by atoms with van der Waals surface area (Å²) in [6.45, 7) is 2.73. The molecule has 0 spiro atoms. The van der Waals surface area contributed by atoms with Crippen molar-refractivity contribution in [2.45, 2.75) is 19.9 Å².